The molecule has 152 valence electrons. The molecule has 0 aliphatic carbocycles. The van der Waals surface area contributed by atoms with Crippen molar-refractivity contribution in [2.75, 3.05) is 46.5 Å². The van der Waals surface area contributed by atoms with E-state index in [0.29, 0.717) is 13.2 Å². The Bertz CT molecular complexity index is 567. The van der Waals surface area contributed by atoms with Gasteiger partial charge in [-0.15, -0.1) is 24.0 Å². The first-order valence-corrected chi connectivity index (χ1v) is 9.66. The van der Waals surface area contributed by atoms with E-state index in [-0.39, 0.29) is 42.3 Å². The van der Waals surface area contributed by atoms with Crippen LogP contribution in [0.5, 0.6) is 0 Å². The van der Waals surface area contributed by atoms with Crippen LogP contribution >= 0.6 is 24.0 Å². The number of rotatable bonds is 6. The highest BCUT2D eigenvalue weighted by molar-refractivity contribution is 14.0. The number of ether oxygens (including phenoxy) is 3. The number of morpholine rings is 1. The summed E-state index contributed by atoms with van der Waals surface area (Å²) in [5.74, 6) is 0.928. The quantitative estimate of drug-likeness (QED) is 0.379. The fourth-order valence-corrected chi connectivity index (χ4v) is 3.57. The van der Waals surface area contributed by atoms with Crippen molar-refractivity contribution < 1.29 is 14.2 Å². The molecule has 1 N–H and O–H groups in total. The van der Waals surface area contributed by atoms with E-state index < -0.39 is 0 Å². The predicted octanol–water partition coefficient (Wildman–Crippen LogP) is 2.84. The van der Waals surface area contributed by atoms with E-state index in [9.17, 15) is 0 Å². The summed E-state index contributed by atoms with van der Waals surface area (Å²) >= 11 is 0. The standard InChI is InChI=1S/C20H31N3O3.HI/c1-3-21-20(22-14-18(24-2)16-8-5-4-6-9-16)23-11-13-26-19(15-23)17-10-7-12-25-17;/h4-6,8-9,17-19H,3,7,10-15H2,1-2H3,(H,21,22);1H. The molecule has 0 bridgehead atoms. The van der Waals surface area contributed by atoms with Crippen LogP contribution < -0.4 is 5.32 Å². The van der Waals surface area contributed by atoms with Gasteiger partial charge in [-0.05, 0) is 25.3 Å². The van der Waals surface area contributed by atoms with Crippen molar-refractivity contribution in [1.82, 2.24) is 10.2 Å². The Hall–Kier alpha value is -0.900. The number of halogens is 1. The lowest BCUT2D eigenvalue weighted by atomic mass is 10.1. The summed E-state index contributed by atoms with van der Waals surface area (Å²) in [5, 5.41) is 3.42. The van der Waals surface area contributed by atoms with E-state index in [0.717, 1.165) is 50.6 Å². The van der Waals surface area contributed by atoms with Crippen LogP contribution in [-0.4, -0.2) is 69.6 Å². The topological polar surface area (TPSA) is 55.3 Å². The summed E-state index contributed by atoms with van der Waals surface area (Å²) in [6.07, 6.45) is 2.52. The molecule has 7 heteroatoms. The highest BCUT2D eigenvalue weighted by atomic mass is 127. The van der Waals surface area contributed by atoms with Gasteiger partial charge in [0.1, 0.15) is 12.2 Å². The van der Waals surface area contributed by atoms with Gasteiger partial charge in [-0.3, -0.25) is 4.99 Å². The van der Waals surface area contributed by atoms with Crippen molar-refractivity contribution in [3.8, 4) is 0 Å². The molecule has 2 saturated heterocycles. The summed E-state index contributed by atoms with van der Waals surface area (Å²) in [4.78, 5) is 7.14. The molecule has 27 heavy (non-hydrogen) atoms. The zero-order valence-corrected chi connectivity index (χ0v) is 18.6. The maximum absolute atomic E-state index is 5.96. The minimum absolute atomic E-state index is 0. The number of aliphatic imine (C=N–C) groups is 1. The van der Waals surface area contributed by atoms with Gasteiger partial charge in [0.15, 0.2) is 5.96 Å². The monoisotopic (exact) mass is 489 g/mol. The van der Waals surface area contributed by atoms with Crippen molar-refractivity contribution >= 4 is 29.9 Å². The second-order valence-corrected chi connectivity index (χ2v) is 6.74. The van der Waals surface area contributed by atoms with Crippen molar-refractivity contribution in [2.45, 2.75) is 38.1 Å². The third-order valence-corrected chi connectivity index (χ3v) is 4.97. The van der Waals surface area contributed by atoms with Gasteiger partial charge in [0.25, 0.3) is 0 Å². The molecule has 1 aromatic carbocycles. The highest BCUT2D eigenvalue weighted by Crippen LogP contribution is 2.21. The number of hydrogen-bond acceptors (Lipinski definition) is 4. The van der Waals surface area contributed by atoms with E-state index in [1.54, 1.807) is 7.11 Å². The smallest absolute Gasteiger partial charge is 0.194 e. The first kappa shape index (κ1) is 22.4. The molecule has 1 aromatic rings. The van der Waals surface area contributed by atoms with Gasteiger partial charge in [0.05, 0.1) is 19.3 Å². The Labute approximate surface area is 179 Å². The second-order valence-electron chi connectivity index (χ2n) is 6.74. The van der Waals surface area contributed by atoms with Crippen LogP contribution in [0, 0.1) is 0 Å². The lowest BCUT2D eigenvalue weighted by molar-refractivity contribution is -0.0817. The first-order valence-electron chi connectivity index (χ1n) is 9.66. The molecule has 2 aliphatic rings. The Morgan fingerprint density at radius 2 is 2.04 bits per heavy atom. The van der Waals surface area contributed by atoms with Crippen molar-refractivity contribution in [1.29, 1.82) is 0 Å². The van der Waals surface area contributed by atoms with Gasteiger partial charge in [-0.1, -0.05) is 30.3 Å². The normalized spacial score (nSPS) is 24.4. The summed E-state index contributed by atoms with van der Waals surface area (Å²) in [6.45, 7) is 6.75. The Kier molecular flexibility index (Phi) is 9.81. The van der Waals surface area contributed by atoms with Gasteiger partial charge in [0, 0.05) is 33.4 Å². The highest BCUT2D eigenvalue weighted by Gasteiger charge is 2.32. The molecular weight excluding hydrogens is 457 g/mol. The van der Waals surface area contributed by atoms with Gasteiger partial charge in [0.2, 0.25) is 0 Å². The van der Waals surface area contributed by atoms with Crippen LogP contribution in [0.3, 0.4) is 0 Å². The molecule has 2 aliphatic heterocycles. The fraction of sp³-hybridized carbons (Fsp3) is 0.650. The molecule has 2 fully saturated rings. The SMILES string of the molecule is CCNC(=NCC(OC)c1ccccc1)N1CCOC(C2CCCO2)C1.I. The molecule has 3 unspecified atom stereocenters. The zero-order valence-electron chi connectivity index (χ0n) is 16.3. The van der Waals surface area contributed by atoms with E-state index in [2.05, 4.69) is 29.3 Å². The lowest BCUT2D eigenvalue weighted by Gasteiger charge is -2.37. The summed E-state index contributed by atoms with van der Waals surface area (Å²) in [5.41, 5.74) is 1.15. The minimum Gasteiger partial charge on any atom is -0.375 e. The molecule has 0 saturated carbocycles. The van der Waals surface area contributed by atoms with Crippen molar-refractivity contribution in [3.63, 3.8) is 0 Å². The van der Waals surface area contributed by atoms with Crippen LogP contribution in [0.4, 0.5) is 0 Å². The number of methoxy groups -OCH3 is 1. The fourth-order valence-electron chi connectivity index (χ4n) is 3.57. The second kappa shape index (κ2) is 11.8. The zero-order chi connectivity index (χ0) is 18.2. The molecular formula is C20H32IN3O3. The van der Waals surface area contributed by atoms with Gasteiger partial charge in [-0.25, -0.2) is 0 Å². The maximum atomic E-state index is 5.96. The number of nitrogens with zero attached hydrogens (tertiary/aromatic N) is 2. The van der Waals surface area contributed by atoms with Crippen molar-refractivity contribution in [2.24, 2.45) is 4.99 Å². The number of benzene rings is 1. The Balaban J connectivity index is 0.00000261. The predicted molar refractivity (Wildman–Crippen MR) is 118 cm³/mol. The van der Waals surface area contributed by atoms with E-state index in [1.807, 2.05) is 18.2 Å². The molecule has 6 nitrogen and oxygen atoms in total. The van der Waals surface area contributed by atoms with Gasteiger partial charge < -0.3 is 24.4 Å². The first-order chi connectivity index (χ1) is 12.8. The van der Waals surface area contributed by atoms with Gasteiger partial charge in [-0.2, -0.15) is 0 Å². The summed E-state index contributed by atoms with van der Waals surface area (Å²) in [6, 6.07) is 10.2. The molecule has 0 spiro atoms. The average Bonchev–Trinajstić information content (AvgIpc) is 3.23. The molecule has 0 aromatic heterocycles. The average molecular weight is 489 g/mol. The maximum Gasteiger partial charge on any atom is 0.194 e. The molecule has 3 rings (SSSR count). The van der Waals surface area contributed by atoms with E-state index in [1.165, 1.54) is 0 Å². The van der Waals surface area contributed by atoms with Crippen LogP contribution in [0.2, 0.25) is 0 Å². The van der Waals surface area contributed by atoms with E-state index >= 15 is 0 Å². The lowest BCUT2D eigenvalue weighted by Crippen LogP contribution is -2.53. The molecule has 0 amide bonds. The van der Waals surface area contributed by atoms with Crippen LogP contribution in [0.1, 0.15) is 31.4 Å². The third-order valence-electron chi connectivity index (χ3n) is 4.97. The van der Waals surface area contributed by atoms with Crippen LogP contribution in [0.15, 0.2) is 35.3 Å². The third kappa shape index (κ3) is 6.30. The van der Waals surface area contributed by atoms with Crippen LogP contribution in [-0.2, 0) is 14.2 Å². The number of hydrogen-bond donors (Lipinski definition) is 1. The van der Waals surface area contributed by atoms with Crippen molar-refractivity contribution in [3.05, 3.63) is 35.9 Å². The molecule has 2 heterocycles. The van der Waals surface area contributed by atoms with E-state index in [4.69, 9.17) is 19.2 Å². The summed E-state index contributed by atoms with van der Waals surface area (Å²) in [7, 11) is 1.74. The Morgan fingerprint density at radius 1 is 1.26 bits per heavy atom. The summed E-state index contributed by atoms with van der Waals surface area (Å²) < 4.78 is 17.4. The molecule has 0 radical (unpaired) electrons. The van der Waals surface area contributed by atoms with Gasteiger partial charge >= 0.3 is 0 Å². The minimum atomic E-state index is -0.0418. The molecule has 3 atom stereocenters. The number of guanidine groups is 1. The Morgan fingerprint density at radius 3 is 2.70 bits per heavy atom. The van der Waals surface area contributed by atoms with Crippen LogP contribution in [0.25, 0.3) is 0 Å². The largest absolute Gasteiger partial charge is 0.375 e. The number of nitrogens with one attached hydrogen (secondary N) is 1.